The van der Waals surface area contributed by atoms with Crippen molar-refractivity contribution in [3.63, 3.8) is 0 Å². The summed E-state index contributed by atoms with van der Waals surface area (Å²) in [4.78, 5) is 28.6. The number of rotatable bonds is 5. The summed E-state index contributed by atoms with van der Waals surface area (Å²) in [5.41, 5.74) is 3.16. The van der Waals surface area contributed by atoms with E-state index < -0.39 is 0 Å². The number of nitrogens with one attached hydrogen (secondary N) is 3. The number of morpholine rings is 1. The van der Waals surface area contributed by atoms with Gasteiger partial charge in [0.2, 0.25) is 5.91 Å². The molecule has 2 fully saturated rings. The fraction of sp³-hybridized carbons (Fsp3) is 0.308. The van der Waals surface area contributed by atoms with E-state index in [2.05, 4.69) is 21.7 Å². The number of aromatic amines is 1. The van der Waals surface area contributed by atoms with Crippen LogP contribution in [0.4, 0.5) is 0 Å². The summed E-state index contributed by atoms with van der Waals surface area (Å²) in [6.07, 6.45) is 6.44. The third kappa shape index (κ3) is 4.76. The highest BCUT2D eigenvalue weighted by molar-refractivity contribution is 6.30. The van der Waals surface area contributed by atoms with Gasteiger partial charge in [0.25, 0.3) is 5.91 Å². The van der Waals surface area contributed by atoms with E-state index in [1.54, 1.807) is 18.2 Å². The molecular weight excluding hydrogens is 438 g/mol. The van der Waals surface area contributed by atoms with E-state index >= 15 is 0 Å². The molecule has 1 aliphatic carbocycles. The SMILES string of the molecule is O=C1NC2CC(C(=O)NCCc3c[nH]c4ccccc34)CCC2O/C1=C/c1ccc(Cl)cc1. The van der Waals surface area contributed by atoms with Crippen molar-refractivity contribution in [3.05, 3.63) is 76.6 Å². The van der Waals surface area contributed by atoms with Crippen LogP contribution in [0, 0.1) is 5.92 Å². The molecule has 33 heavy (non-hydrogen) atoms. The number of fused-ring (bicyclic) bond motifs is 2. The topological polar surface area (TPSA) is 83.2 Å². The van der Waals surface area contributed by atoms with Crippen LogP contribution in [0.3, 0.4) is 0 Å². The third-order valence-corrected chi connectivity index (χ3v) is 6.76. The first-order valence-corrected chi connectivity index (χ1v) is 11.7. The smallest absolute Gasteiger partial charge is 0.286 e. The maximum Gasteiger partial charge on any atom is 0.286 e. The quantitative estimate of drug-likeness (QED) is 0.496. The molecule has 3 N–H and O–H groups in total. The Balaban J connectivity index is 1.15. The molecule has 3 atom stereocenters. The van der Waals surface area contributed by atoms with E-state index in [0.717, 1.165) is 30.3 Å². The number of aromatic nitrogens is 1. The molecule has 1 saturated carbocycles. The van der Waals surface area contributed by atoms with Gasteiger partial charge in [-0.1, -0.05) is 41.9 Å². The Hall–Kier alpha value is -3.25. The van der Waals surface area contributed by atoms with Gasteiger partial charge in [0.15, 0.2) is 5.76 Å². The van der Waals surface area contributed by atoms with Crippen LogP contribution < -0.4 is 10.6 Å². The van der Waals surface area contributed by atoms with E-state index in [9.17, 15) is 9.59 Å². The second kappa shape index (κ2) is 9.32. The van der Waals surface area contributed by atoms with E-state index in [4.69, 9.17) is 16.3 Å². The van der Waals surface area contributed by atoms with Crippen molar-refractivity contribution in [1.82, 2.24) is 15.6 Å². The van der Waals surface area contributed by atoms with Crippen molar-refractivity contribution < 1.29 is 14.3 Å². The molecule has 1 aromatic heterocycles. The first-order chi connectivity index (χ1) is 16.1. The standard InChI is InChI=1S/C26H26ClN3O3/c27-19-8-5-16(6-9-19)13-24-26(32)30-22-14-17(7-10-23(22)33-24)25(31)28-12-11-18-15-29-21-4-2-1-3-20(18)21/h1-6,8-9,13,15,17,22-23,29H,7,10-12,14H2,(H,28,31)(H,30,32)/b24-13+. The van der Waals surface area contributed by atoms with E-state index in [-0.39, 0.29) is 29.9 Å². The molecule has 1 aliphatic heterocycles. The predicted molar refractivity (Wildman–Crippen MR) is 129 cm³/mol. The highest BCUT2D eigenvalue weighted by Crippen LogP contribution is 2.31. The van der Waals surface area contributed by atoms with E-state index in [1.165, 1.54) is 10.9 Å². The molecule has 3 unspecified atom stereocenters. The molecule has 6 nitrogen and oxygen atoms in total. The van der Waals surface area contributed by atoms with Crippen LogP contribution in [-0.2, 0) is 20.7 Å². The summed E-state index contributed by atoms with van der Waals surface area (Å²) < 4.78 is 6.02. The number of halogens is 1. The molecule has 3 aromatic rings. The number of hydrogen-bond donors (Lipinski definition) is 3. The van der Waals surface area contributed by atoms with Gasteiger partial charge in [-0.2, -0.15) is 0 Å². The minimum Gasteiger partial charge on any atom is -0.483 e. The van der Waals surface area contributed by atoms with E-state index in [1.807, 2.05) is 36.5 Å². The Morgan fingerprint density at radius 2 is 1.97 bits per heavy atom. The lowest BCUT2D eigenvalue weighted by Gasteiger charge is -2.39. The average molecular weight is 464 g/mol. The van der Waals surface area contributed by atoms with Crippen molar-refractivity contribution >= 4 is 40.4 Å². The maximum atomic E-state index is 12.8. The second-order valence-electron chi connectivity index (χ2n) is 8.71. The van der Waals surface area contributed by atoms with Crippen LogP contribution >= 0.6 is 11.6 Å². The predicted octanol–water partition coefficient (Wildman–Crippen LogP) is 4.20. The van der Waals surface area contributed by atoms with Crippen molar-refractivity contribution in [3.8, 4) is 0 Å². The lowest BCUT2D eigenvalue weighted by atomic mass is 9.82. The van der Waals surface area contributed by atoms with Crippen LogP contribution in [0.5, 0.6) is 0 Å². The molecule has 170 valence electrons. The van der Waals surface area contributed by atoms with Gasteiger partial charge >= 0.3 is 0 Å². The summed E-state index contributed by atoms with van der Waals surface area (Å²) in [6.45, 7) is 0.585. The summed E-state index contributed by atoms with van der Waals surface area (Å²) in [6, 6.07) is 15.2. The summed E-state index contributed by atoms with van der Waals surface area (Å²) in [5.74, 6) is -0.0169. The van der Waals surface area contributed by atoms with Crippen LogP contribution in [0.2, 0.25) is 5.02 Å². The average Bonchev–Trinajstić information content (AvgIpc) is 3.24. The van der Waals surface area contributed by atoms with Crippen molar-refractivity contribution in [2.24, 2.45) is 5.92 Å². The van der Waals surface area contributed by atoms with Crippen molar-refractivity contribution in [2.75, 3.05) is 6.54 Å². The summed E-state index contributed by atoms with van der Waals surface area (Å²) >= 11 is 5.93. The Morgan fingerprint density at radius 3 is 2.82 bits per heavy atom. The van der Waals surface area contributed by atoms with Crippen LogP contribution in [-0.4, -0.2) is 35.5 Å². The largest absolute Gasteiger partial charge is 0.483 e. The summed E-state index contributed by atoms with van der Waals surface area (Å²) in [5, 5.41) is 7.95. The Labute approximate surface area is 197 Å². The van der Waals surface area contributed by atoms with Crippen molar-refractivity contribution in [2.45, 2.75) is 37.8 Å². The lowest BCUT2D eigenvalue weighted by molar-refractivity contribution is -0.134. The third-order valence-electron chi connectivity index (χ3n) is 6.51. The molecule has 1 saturated heterocycles. The van der Waals surface area contributed by atoms with Gasteiger partial charge in [-0.3, -0.25) is 9.59 Å². The molecule has 0 radical (unpaired) electrons. The minimum atomic E-state index is -0.244. The van der Waals surface area contributed by atoms with Gasteiger partial charge in [0.1, 0.15) is 6.10 Å². The normalized spacial score (nSPS) is 23.6. The van der Waals surface area contributed by atoms with E-state index in [0.29, 0.717) is 23.7 Å². The number of carbonyl (C=O) groups excluding carboxylic acids is 2. The molecule has 0 spiro atoms. The molecular formula is C26H26ClN3O3. The van der Waals surface area contributed by atoms with Gasteiger partial charge in [-0.05, 0) is 61.1 Å². The monoisotopic (exact) mass is 463 g/mol. The Morgan fingerprint density at radius 1 is 1.15 bits per heavy atom. The second-order valence-corrected chi connectivity index (χ2v) is 9.14. The highest BCUT2D eigenvalue weighted by atomic mass is 35.5. The number of benzene rings is 2. The van der Waals surface area contributed by atoms with Gasteiger partial charge < -0.3 is 20.4 Å². The van der Waals surface area contributed by atoms with Gasteiger partial charge in [0.05, 0.1) is 6.04 Å². The number of para-hydroxylation sites is 1. The zero-order valence-corrected chi connectivity index (χ0v) is 18.9. The molecule has 0 bridgehead atoms. The zero-order chi connectivity index (χ0) is 22.8. The Kier molecular flexibility index (Phi) is 6.09. The number of ether oxygens (including phenoxy) is 1. The molecule has 2 aliphatic rings. The maximum absolute atomic E-state index is 12.8. The number of amides is 2. The lowest BCUT2D eigenvalue weighted by Crippen LogP contribution is -2.54. The Bertz CT molecular complexity index is 1200. The number of carbonyl (C=O) groups is 2. The van der Waals surface area contributed by atoms with Gasteiger partial charge in [-0.25, -0.2) is 0 Å². The zero-order valence-electron chi connectivity index (χ0n) is 18.1. The molecule has 2 amide bonds. The fourth-order valence-electron chi connectivity index (χ4n) is 4.74. The van der Waals surface area contributed by atoms with Crippen molar-refractivity contribution in [1.29, 1.82) is 0 Å². The highest BCUT2D eigenvalue weighted by Gasteiger charge is 2.40. The molecule has 7 heteroatoms. The van der Waals surface area contributed by atoms with Crippen LogP contribution in [0.15, 0.2) is 60.5 Å². The number of H-pyrrole nitrogens is 1. The molecule has 2 heterocycles. The molecule has 2 aromatic carbocycles. The molecule has 5 rings (SSSR count). The first kappa shape index (κ1) is 21.6. The van der Waals surface area contributed by atoms with Crippen LogP contribution in [0.1, 0.15) is 30.4 Å². The van der Waals surface area contributed by atoms with Crippen LogP contribution in [0.25, 0.3) is 17.0 Å². The fourth-order valence-corrected chi connectivity index (χ4v) is 4.87. The first-order valence-electron chi connectivity index (χ1n) is 11.3. The van der Waals surface area contributed by atoms with Gasteiger partial charge in [-0.15, -0.1) is 0 Å². The van der Waals surface area contributed by atoms with Gasteiger partial charge in [0, 0.05) is 34.6 Å². The minimum absolute atomic E-state index is 0.0463. The number of hydrogen-bond acceptors (Lipinski definition) is 3. The summed E-state index contributed by atoms with van der Waals surface area (Å²) in [7, 11) is 0.